The standard InChI is InChI=1S/C15H22N4O2/c1-4-19(5-2)11(3)10-16-15(20)13-9-12(17-18-13)14-7-6-8-21-14/h6-9,11H,4-5,10H2,1-3H3,(H,16,20)(H,17,18). The van der Waals surface area contributed by atoms with E-state index in [1.807, 2.05) is 6.07 Å². The van der Waals surface area contributed by atoms with Crippen molar-refractivity contribution in [3.05, 3.63) is 30.2 Å². The number of hydrogen-bond acceptors (Lipinski definition) is 4. The third kappa shape index (κ3) is 3.72. The van der Waals surface area contributed by atoms with Crippen LogP contribution in [0.4, 0.5) is 0 Å². The highest BCUT2D eigenvalue weighted by atomic mass is 16.3. The first-order chi connectivity index (χ1) is 10.2. The highest BCUT2D eigenvalue weighted by Crippen LogP contribution is 2.17. The second-order valence-corrected chi connectivity index (χ2v) is 4.92. The molecule has 0 saturated heterocycles. The summed E-state index contributed by atoms with van der Waals surface area (Å²) in [6, 6.07) is 5.60. The minimum Gasteiger partial charge on any atom is -0.463 e. The zero-order valence-corrected chi connectivity index (χ0v) is 12.7. The molecule has 2 rings (SSSR count). The summed E-state index contributed by atoms with van der Waals surface area (Å²) in [4.78, 5) is 14.4. The van der Waals surface area contributed by atoms with Crippen LogP contribution in [0.15, 0.2) is 28.9 Å². The van der Waals surface area contributed by atoms with E-state index in [0.29, 0.717) is 29.7 Å². The highest BCUT2D eigenvalue weighted by Gasteiger charge is 2.15. The van der Waals surface area contributed by atoms with Crippen LogP contribution in [0, 0.1) is 0 Å². The third-order valence-electron chi connectivity index (χ3n) is 3.59. The quantitative estimate of drug-likeness (QED) is 0.819. The Hall–Kier alpha value is -2.08. The molecule has 0 aliphatic heterocycles. The normalized spacial score (nSPS) is 12.6. The second kappa shape index (κ2) is 7.08. The molecule has 0 aliphatic carbocycles. The second-order valence-electron chi connectivity index (χ2n) is 4.92. The Morgan fingerprint density at radius 2 is 2.24 bits per heavy atom. The first kappa shape index (κ1) is 15.3. The summed E-state index contributed by atoms with van der Waals surface area (Å²) in [7, 11) is 0. The number of amides is 1. The molecular formula is C15H22N4O2. The van der Waals surface area contributed by atoms with Gasteiger partial charge in [0.25, 0.3) is 5.91 Å². The molecule has 21 heavy (non-hydrogen) atoms. The average Bonchev–Trinajstić information content (AvgIpc) is 3.16. The Morgan fingerprint density at radius 3 is 2.86 bits per heavy atom. The van der Waals surface area contributed by atoms with Crippen LogP contribution < -0.4 is 5.32 Å². The minimum atomic E-state index is -0.178. The van der Waals surface area contributed by atoms with E-state index in [9.17, 15) is 4.79 Å². The molecular weight excluding hydrogens is 268 g/mol. The van der Waals surface area contributed by atoms with Crippen molar-refractivity contribution in [3.8, 4) is 11.5 Å². The molecule has 114 valence electrons. The van der Waals surface area contributed by atoms with Gasteiger partial charge in [-0.15, -0.1) is 0 Å². The van der Waals surface area contributed by atoms with E-state index in [0.717, 1.165) is 13.1 Å². The molecule has 0 spiro atoms. The van der Waals surface area contributed by atoms with Crippen molar-refractivity contribution in [1.29, 1.82) is 0 Å². The monoisotopic (exact) mass is 290 g/mol. The van der Waals surface area contributed by atoms with E-state index < -0.39 is 0 Å². The van der Waals surface area contributed by atoms with Crippen molar-refractivity contribution in [3.63, 3.8) is 0 Å². The summed E-state index contributed by atoms with van der Waals surface area (Å²) in [5.41, 5.74) is 1.06. The van der Waals surface area contributed by atoms with Gasteiger partial charge in [-0.05, 0) is 32.1 Å². The van der Waals surface area contributed by atoms with Gasteiger partial charge in [-0.2, -0.15) is 5.10 Å². The van der Waals surface area contributed by atoms with Gasteiger partial charge in [-0.3, -0.25) is 14.8 Å². The molecule has 2 aromatic heterocycles. The number of aromatic nitrogens is 2. The lowest BCUT2D eigenvalue weighted by Crippen LogP contribution is -2.42. The van der Waals surface area contributed by atoms with Crippen LogP contribution in [-0.4, -0.2) is 46.7 Å². The number of nitrogens with one attached hydrogen (secondary N) is 2. The van der Waals surface area contributed by atoms with Gasteiger partial charge in [-0.1, -0.05) is 13.8 Å². The fourth-order valence-corrected chi connectivity index (χ4v) is 2.30. The molecule has 2 aromatic rings. The van der Waals surface area contributed by atoms with Gasteiger partial charge in [0.05, 0.1) is 6.26 Å². The molecule has 0 bridgehead atoms. The van der Waals surface area contributed by atoms with Crippen LogP contribution in [0.5, 0.6) is 0 Å². The number of carbonyl (C=O) groups is 1. The van der Waals surface area contributed by atoms with E-state index in [-0.39, 0.29) is 5.91 Å². The number of nitrogens with zero attached hydrogens (tertiary/aromatic N) is 2. The zero-order valence-electron chi connectivity index (χ0n) is 12.7. The van der Waals surface area contributed by atoms with Crippen molar-refractivity contribution in [2.45, 2.75) is 26.8 Å². The number of H-pyrrole nitrogens is 1. The van der Waals surface area contributed by atoms with E-state index in [4.69, 9.17) is 4.42 Å². The van der Waals surface area contributed by atoms with Crippen LogP contribution >= 0.6 is 0 Å². The molecule has 0 radical (unpaired) electrons. The Kier molecular flexibility index (Phi) is 5.16. The molecule has 1 unspecified atom stereocenters. The van der Waals surface area contributed by atoms with Gasteiger partial charge in [0, 0.05) is 18.7 Å². The Balaban J connectivity index is 1.92. The zero-order chi connectivity index (χ0) is 15.2. The lowest BCUT2D eigenvalue weighted by atomic mass is 10.2. The van der Waals surface area contributed by atoms with E-state index in [2.05, 4.69) is 41.2 Å². The molecule has 2 N–H and O–H groups in total. The number of rotatable bonds is 7. The van der Waals surface area contributed by atoms with Crippen LogP contribution in [0.1, 0.15) is 31.3 Å². The first-order valence-corrected chi connectivity index (χ1v) is 7.27. The summed E-state index contributed by atoms with van der Waals surface area (Å²) >= 11 is 0. The fraction of sp³-hybridized carbons (Fsp3) is 0.467. The van der Waals surface area contributed by atoms with E-state index >= 15 is 0 Å². The molecule has 0 aromatic carbocycles. The van der Waals surface area contributed by atoms with Crippen LogP contribution in [0.25, 0.3) is 11.5 Å². The Labute approximate surface area is 124 Å². The summed E-state index contributed by atoms with van der Waals surface area (Å²) in [5, 5.41) is 9.74. The Morgan fingerprint density at radius 1 is 1.48 bits per heavy atom. The SMILES string of the molecule is CCN(CC)C(C)CNC(=O)c1cc(-c2ccco2)[nH]n1. The van der Waals surface area contributed by atoms with Crippen molar-refractivity contribution in [2.24, 2.45) is 0 Å². The molecule has 1 atom stereocenters. The van der Waals surface area contributed by atoms with Crippen LogP contribution in [0.2, 0.25) is 0 Å². The largest absolute Gasteiger partial charge is 0.463 e. The predicted octanol–water partition coefficient (Wildman–Crippen LogP) is 2.13. The maximum atomic E-state index is 12.1. The summed E-state index contributed by atoms with van der Waals surface area (Å²) in [6.07, 6.45) is 1.59. The lowest BCUT2D eigenvalue weighted by molar-refractivity contribution is 0.0933. The molecule has 6 heteroatoms. The molecule has 0 aliphatic rings. The van der Waals surface area contributed by atoms with Gasteiger partial charge < -0.3 is 9.73 Å². The van der Waals surface area contributed by atoms with Gasteiger partial charge in [-0.25, -0.2) is 0 Å². The van der Waals surface area contributed by atoms with Gasteiger partial charge >= 0.3 is 0 Å². The minimum absolute atomic E-state index is 0.178. The maximum Gasteiger partial charge on any atom is 0.271 e. The number of furan rings is 1. The van der Waals surface area contributed by atoms with Gasteiger partial charge in [0.15, 0.2) is 11.5 Å². The summed E-state index contributed by atoms with van der Waals surface area (Å²) in [5.74, 6) is 0.487. The molecule has 0 saturated carbocycles. The average molecular weight is 290 g/mol. The van der Waals surface area contributed by atoms with Gasteiger partial charge in [0.1, 0.15) is 5.69 Å². The van der Waals surface area contributed by atoms with Crippen LogP contribution in [-0.2, 0) is 0 Å². The van der Waals surface area contributed by atoms with Crippen molar-refractivity contribution in [1.82, 2.24) is 20.4 Å². The van der Waals surface area contributed by atoms with Gasteiger partial charge in [0.2, 0.25) is 0 Å². The third-order valence-corrected chi connectivity index (χ3v) is 3.59. The van der Waals surface area contributed by atoms with E-state index in [1.54, 1.807) is 18.4 Å². The lowest BCUT2D eigenvalue weighted by Gasteiger charge is -2.26. The molecule has 1 amide bonds. The summed E-state index contributed by atoms with van der Waals surface area (Å²) in [6.45, 7) is 8.88. The maximum absolute atomic E-state index is 12.1. The van der Waals surface area contributed by atoms with Crippen LogP contribution in [0.3, 0.4) is 0 Å². The number of aromatic amines is 1. The number of likely N-dealkylation sites (N-methyl/N-ethyl adjacent to an activating group) is 1. The Bertz CT molecular complexity index is 558. The molecule has 2 heterocycles. The smallest absolute Gasteiger partial charge is 0.271 e. The van der Waals surface area contributed by atoms with E-state index in [1.165, 1.54) is 0 Å². The summed E-state index contributed by atoms with van der Waals surface area (Å²) < 4.78 is 5.26. The number of carbonyl (C=O) groups excluding carboxylic acids is 1. The molecule has 6 nitrogen and oxygen atoms in total. The predicted molar refractivity (Wildman–Crippen MR) is 81.0 cm³/mol. The number of hydrogen-bond donors (Lipinski definition) is 2. The van der Waals surface area contributed by atoms with Crippen molar-refractivity contribution >= 4 is 5.91 Å². The van der Waals surface area contributed by atoms with Crippen molar-refractivity contribution < 1.29 is 9.21 Å². The molecule has 0 fully saturated rings. The van der Waals surface area contributed by atoms with Crippen molar-refractivity contribution in [2.75, 3.05) is 19.6 Å². The topological polar surface area (TPSA) is 74.2 Å². The highest BCUT2D eigenvalue weighted by molar-refractivity contribution is 5.93. The first-order valence-electron chi connectivity index (χ1n) is 7.27. The fourth-order valence-electron chi connectivity index (χ4n) is 2.30.